The van der Waals surface area contributed by atoms with Gasteiger partial charge in [-0.15, -0.1) is 10.2 Å². The van der Waals surface area contributed by atoms with E-state index in [1.54, 1.807) is 41.0 Å². The van der Waals surface area contributed by atoms with Crippen molar-refractivity contribution >= 4 is 16.9 Å². The van der Waals surface area contributed by atoms with Crippen molar-refractivity contribution in [2.75, 3.05) is 24.7 Å². The van der Waals surface area contributed by atoms with E-state index in [4.69, 9.17) is 13.9 Å². The van der Waals surface area contributed by atoms with Crippen LogP contribution in [0.15, 0.2) is 59.3 Å². The molecule has 1 aromatic carbocycles. The smallest absolute Gasteiger partial charge is 0.241 e. The van der Waals surface area contributed by atoms with Crippen molar-refractivity contribution in [3.63, 3.8) is 0 Å². The second-order valence-corrected chi connectivity index (χ2v) is 7.84. The summed E-state index contributed by atoms with van der Waals surface area (Å²) in [5.74, 6) is 1.85. The molecular weight excluding hydrogens is 461 g/mol. The lowest BCUT2D eigenvalue weighted by atomic mass is 10.2. The highest BCUT2D eigenvalue weighted by Gasteiger charge is 2.24. The van der Waals surface area contributed by atoms with Crippen LogP contribution in [-0.2, 0) is 17.4 Å². The molecule has 1 atom stereocenters. The van der Waals surface area contributed by atoms with Gasteiger partial charge in [-0.25, -0.2) is 8.60 Å². The van der Waals surface area contributed by atoms with Gasteiger partial charge >= 0.3 is 0 Å². The Morgan fingerprint density at radius 3 is 2.38 bits per heavy atom. The highest BCUT2D eigenvalue weighted by molar-refractivity contribution is 7.86. The maximum atomic E-state index is 13.0. The standard InChI is InChI=1S/C21H20FN5O4S.C2H6/c1-29-16-5-3-6-17(30-2)19(16)27-20(18-7-4-11-31-18)24-25-21(27)26-32(28)12-10-15-9-8-14(22)13-23-15;1-2/h3-9,11,13H,10,12H2,1-2H3,(H,25,26);1-2H3. The summed E-state index contributed by atoms with van der Waals surface area (Å²) in [5.41, 5.74) is 1.15. The second-order valence-electron chi connectivity index (χ2n) is 6.54. The molecule has 180 valence electrons. The predicted octanol–water partition coefficient (Wildman–Crippen LogP) is 4.42. The van der Waals surface area contributed by atoms with E-state index in [1.165, 1.54) is 26.5 Å². The third-order valence-electron chi connectivity index (χ3n) is 4.57. The molecule has 3 aromatic heterocycles. The van der Waals surface area contributed by atoms with Crippen LogP contribution in [-0.4, -0.2) is 43.9 Å². The van der Waals surface area contributed by atoms with Crippen molar-refractivity contribution in [2.24, 2.45) is 0 Å². The van der Waals surface area contributed by atoms with Crippen LogP contribution in [0.3, 0.4) is 0 Å². The molecule has 0 saturated heterocycles. The van der Waals surface area contributed by atoms with Gasteiger partial charge in [0, 0.05) is 17.9 Å². The lowest BCUT2D eigenvalue weighted by Gasteiger charge is -2.17. The Hall–Kier alpha value is -3.73. The van der Waals surface area contributed by atoms with Gasteiger partial charge in [0.05, 0.1) is 26.7 Å². The highest BCUT2D eigenvalue weighted by Crippen LogP contribution is 2.37. The predicted molar refractivity (Wildman–Crippen MR) is 128 cm³/mol. The first-order valence-corrected chi connectivity index (χ1v) is 11.9. The van der Waals surface area contributed by atoms with E-state index in [0.717, 1.165) is 6.20 Å². The average molecular weight is 488 g/mol. The molecule has 0 aliphatic heterocycles. The van der Waals surface area contributed by atoms with Crippen LogP contribution in [0.5, 0.6) is 11.5 Å². The lowest BCUT2D eigenvalue weighted by Crippen LogP contribution is -2.15. The van der Waals surface area contributed by atoms with Crippen LogP contribution in [0.2, 0.25) is 0 Å². The third-order valence-corrected chi connectivity index (χ3v) is 5.55. The van der Waals surface area contributed by atoms with Gasteiger partial charge in [-0.05, 0) is 36.4 Å². The van der Waals surface area contributed by atoms with Crippen LogP contribution in [0.4, 0.5) is 10.3 Å². The highest BCUT2D eigenvalue weighted by atomic mass is 32.2. The number of hydrogen-bond acceptors (Lipinski definition) is 7. The number of nitrogens with zero attached hydrogens (tertiary/aromatic N) is 4. The number of anilines is 1. The molecule has 4 rings (SSSR count). The molecule has 1 unspecified atom stereocenters. The summed E-state index contributed by atoms with van der Waals surface area (Å²) < 4.78 is 46.9. The number of rotatable bonds is 9. The molecule has 0 bridgehead atoms. The number of aromatic nitrogens is 4. The van der Waals surface area contributed by atoms with E-state index in [-0.39, 0.29) is 11.7 Å². The van der Waals surface area contributed by atoms with Gasteiger partial charge in [0.15, 0.2) is 5.76 Å². The van der Waals surface area contributed by atoms with Gasteiger partial charge in [0.1, 0.15) is 34.0 Å². The maximum Gasteiger partial charge on any atom is 0.241 e. The monoisotopic (exact) mass is 487 g/mol. The number of nitrogens with one attached hydrogen (secondary N) is 1. The molecule has 1 N–H and O–H groups in total. The lowest BCUT2D eigenvalue weighted by molar-refractivity contribution is 0.391. The van der Waals surface area contributed by atoms with E-state index in [2.05, 4.69) is 19.9 Å². The second kappa shape index (κ2) is 11.9. The van der Waals surface area contributed by atoms with Crippen LogP contribution >= 0.6 is 0 Å². The molecule has 0 aliphatic rings. The SMILES string of the molecule is CC.COc1cccc(OC)c1-n1c(NS(=O)CCc2ccc(F)cn2)nnc1-c1ccco1. The van der Waals surface area contributed by atoms with Gasteiger partial charge in [-0.2, -0.15) is 0 Å². The summed E-state index contributed by atoms with van der Waals surface area (Å²) in [7, 11) is 1.54. The van der Waals surface area contributed by atoms with Gasteiger partial charge < -0.3 is 13.9 Å². The Bertz CT molecular complexity index is 1190. The van der Waals surface area contributed by atoms with Crippen LogP contribution < -0.4 is 14.2 Å². The fourth-order valence-electron chi connectivity index (χ4n) is 3.08. The molecule has 4 aromatic rings. The van der Waals surface area contributed by atoms with Crippen LogP contribution in [0, 0.1) is 5.82 Å². The molecule has 0 spiro atoms. The van der Waals surface area contributed by atoms with Crippen molar-refractivity contribution in [2.45, 2.75) is 20.3 Å². The summed E-state index contributed by atoms with van der Waals surface area (Å²) >= 11 is 0. The summed E-state index contributed by atoms with van der Waals surface area (Å²) in [5, 5.41) is 8.40. The molecule has 3 heterocycles. The molecule has 0 fully saturated rings. The van der Waals surface area contributed by atoms with Crippen LogP contribution in [0.25, 0.3) is 17.3 Å². The topological polar surface area (TPSA) is 104 Å². The molecule has 0 radical (unpaired) electrons. The first-order chi connectivity index (χ1) is 16.6. The van der Waals surface area contributed by atoms with Gasteiger partial charge in [0.2, 0.25) is 11.8 Å². The van der Waals surface area contributed by atoms with E-state index < -0.39 is 16.8 Å². The number of benzene rings is 1. The molecule has 9 nitrogen and oxygen atoms in total. The molecular formula is C23H26FN5O4S. The van der Waals surface area contributed by atoms with Crippen molar-refractivity contribution in [1.29, 1.82) is 0 Å². The zero-order valence-corrected chi connectivity index (χ0v) is 20.1. The van der Waals surface area contributed by atoms with Crippen molar-refractivity contribution in [3.05, 3.63) is 66.4 Å². The minimum Gasteiger partial charge on any atom is -0.494 e. The number of hydrogen-bond donors (Lipinski definition) is 1. The van der Waals surface area contributed by atoms with E-state index in [9.17, 15) is 8.60 Å². The summed E-state index contributed by atoms with van der Waals surface area (Å²) in [4.78, 5) is 3.99. The Morgan fingerprint density at radius 1 is 1.06 bits per heavy atom. The number of aryl methyl sites for hydroxylation is 1. The minimum atomic E-state index is -1.53. The molecule has 11 heteroatoms. The largest absolute Gasteiger partial charge is 0.494 e. The Labute approximate surface area is 199 Å². The number of furan rings is 1. The minimum absolute atomic E-state index is 0.213. The number of pyridine rings is 1. The summed E-state index contributed by atoms with van der Waals surface area (Å²) in [6.07, 6.45) is 3.04. The molecule has 0 aliphatic carbocycles. The van der Waals surface area contributed by atoms with Gasteiger partial charge in [-0.1, -0.05) is 19.9 Å². The normalized spacial score (nSPS) is 11.3. The fourth-order valence-corrected chi connectivity index (χ4v) is 3.92. The number of para-hydroxylation sites is 1. The number of halogens is 1. The molecule has 34 heavy (non-hydrogen) atoms. The number of methoxy groups -OCH3 is 2. The first kappa shape index (κ1) is 24.9. The van der Waals surface area contributed by atoms with E-state index >= 15 is 0 Å². The van der Waals surface area contributed by atoms with Crippen molar-refractivity contribution in [1.82, 2.24) is 19.7 Å². The Balaban J connectivity index is 0.00000158. The summed E-state index contributed by atoms with van der Waals surface area (Å²) in [6.45, 7) is 4.00. The zero-order chi connectivity index (χ0) is 24.5. The van der Waals surface area contributed by atoms with Gasteiger partial charge in [-0.3, -0.25) is 14.3 Å². The van der Waals surface area contributed by atoms with Gasteiger partial charge in [0.25, 0.3) is 0 Å². The summed E-state index contributed by atoms with van der Waals surface area (Å²) in [6, 6.07) is 11.7. The third kappa shape index (κ3) is 5.60. The van der Waals surface area contributed by atoms with Crippen molar-refractivity contribution < 1.29 is 22.5 Å². The van der Waals surface area contributed by atoms with E-state index in [0.29, 0.717) is 40.9 Å². The first-order valence-electron chi connectivity index (χ1n) is 10.6. The fraction of sp³-hybridized carbons (Fsp3) is 0.261. The average Bonchev–Trinajstić information content (AvgIpc) is 3.54. The Morgan fingerprint density at radius 2 is 1.79 bits per heavy atom. The Kier molecular flexibility index (Phi) is 8.74. The number of ether oxygens (including phenoxy) is 2. The zero-order valence-electron chi connectivity index (χ0n) is 19.3. The van der Waals surface area contributed by atoms with Crippen molar-refractivity contribution in [3.8, 4) is 28.8 Å². The van der Waals surface area contributed by atoms with E-state index in [1.807, 2.05) is 13.8 Å². The molecule has 0 saturated carbocycles. The van der Waals surface area contributed by atoms with Crippen LogP contribution in [0.1, 0.15) is 19.5 Å². The maximum absolute atomic E-state index is 13.0. The molecule has 0 amide bonds. The quantitative estimate of drug-likeness (QED) is 0.373.